The molecule has 0 saturated carbocycles. The molecular formula is C5H6O3. The van der Waals surface area contributed by atoms with Crippen LogP contribution in [0.3, 0.4) is 0 Å². The average molecular weight is 114 g/mol. The SMILES string of the molecule is CC1=CC(=O)OCO1. The summed E-state index contributed by atoms with van der Waals surface area (Å²) in [5.41, 5.74) is 0. The van der Waals surface area contributed by atoms with Crippen molar-refractivity contribution >= 4 is 5.97 Å². The quantitative estimate of drug-likeness (QED) is 0.428. The molecule has 0 aliphatic carbocycles. The van der Waals surface area contributed by atoms with Gasteiger partial charge >= 0.3 is 5.97 Å². The average Bonchev–Trinajstić information content (AvgIpc) is 1.64. The maximum absolute atomic E-state index is 10.3. The molecule has 0 saturated heterocycles. The summed E-state index contributed by atoms with van der Waals surface area (Å²) in [4.78, 5) is 10.3. The summed E-state index contributed by atoms with van der Waals surface area (Å²) in [7, 11) is 0. The third-order valence-corrected chi connectivity index (χ3v) is 0.809. The summed E-state index contributed by atoms with van der Waals surface area (Å²) in [5.74, 6) is 0.287. The van der Waals surface area contributed by atoms with Crippen molar-refractivity contribution < 1.29 is 14.3 Å². The Morgan fingerprint density at radius 1 is 1.62 bits per heavy atom. The molecule has 3 heteroatoms. The molecular weight excluding hydrogens is 108 g/mol. The van der Waals surface area contributed by atoms with Crippen molar-refractivity contribution in [1.82, 2.24) is 0 Å². The van der Waals surface area contributed by atoms with E-state index in [1.165, 1.54) is 6.08 Å². The standard InChI is InChI=1S/C5H6O3/c1-4-2-5(6)8-3-7-4/h2H,3H2,1H3. The predicted molar refractivity (Wildman–Crippen MR) is 25.8 cm³/mol. The van der Waals surface area contributed by atoms with E-state index in [1.807, 2.05) is 0 Å². The number of esters is 1. The van der Waals surface area contributed by atoms with Crippen LogP contribution in [0.2, 0.25) is 0 Å². The van der Waals surface area contributed by atoms with E-state index in [9.17, 15) is 4.79 Å². The maximum atomic E-state index is 10.3. The molecule has 1 aliphatic heterocycles. The molecule has 1 heterocycles. The van der Waals surface area contributed by atoms with Gasteiger partial charge in [0.25, 0.3) is 0 Å². The minimum atomic E-state index is -0.325. The number of ether oxygens (including phenoxy) is 2. The molecule has 8 heavy (non-hydrogen) atoms. The molecule has 0 radical (unpaired) electrons. The predicted octanol–water partition coefficient (Wildman–Crippen LogP) is 0.421. The summed E-state index contributed by atoms with van der Waals surface area (Å²) in [6, 6.07) is 0. The Morgan fingerprint density at radius 3 is 2.75 bits per heavy atom. The van der Waals surface area contributed by atoms with Gasteiger partial charge < -0.3 is 9.47 Å². The second-order valence-corrected chi connectivity index (χ2v) is 1.48. The van der Waals surface area contributed by atoms with E-state index < -0.39 is 0 Å². The van der Waals surface area contributed by atoms with Gasteiger partial charge in [-0.05, 0) is 6.92 Å². The number of hydrogen-bond donors (Lipinski definition) is 0. The van der Waals surface area contributed by atoms with Gasteiger partial charge in [-0.2, -0.15) is 0 Å². The monoisotopic (exact) mass is 114 g/mol. The Hall–Kier alpha value is -0.990. The van der Waals surface area contributed by atoms with E-state index in [1.54, 1.807) is 6.92 Å². The number of carbonyl (C=O) groups is 1. The number of rotatable bonds is 0. The van der Waals surface area contributed by atoms with Crippen molar-refractivity contribution in [3.63, 3.8) is 0 Å². The minimum absolute atomic E-state index is 0.0567. The van der Waals surface area contributed by atoms with Crippen LogP contribution in [0, 0.1) is 0 Å². The van der Waals surface area contributed by atoms with E-state index in [4.69, 9.17) is 4.74 Å². The van der Waals surface area contributed by atoms with Gasteiger partial charge in [-0.1, -0.05) is 0 Å². The summed E-state index contributed by atoms with van der Waals surface area (Å²) in [6.07, 6.45) is 1.31. The van der Waals surface area contributed by atoms with Crippen LogP contribution < -0.4 is 0 Å². The number of cyclic esters (lactones) is 1. The van der Waals surface area contributed by atoms with Gasteiger partial charge in [0.1, 0.15) is 5.76 Å². The highest BCUT2D eigenvalue weighted by molar-refractivity contribution is 5.82. The van der Waals surface area contributed by atoms with Crippen LogP contribution in [0.1, 0.15) is 6.92 Å². The number of allylic oxidation sites excluding steroid dienone is 1. The zero-order valence-corrected chi connectivity index (χ0v) is 4.51. The van der Waals surface area contributed by atoms with Crippen molar-refractivity contribution in [2.24, 2.45) is 0 Å². The Kier molecular flexibility index (Phi) is 1.20. The maximum Gasteiger partial charge on any atom is 0.337 e. The van der Waals surface area contributed by atoms with Crippen LogP contribution in [0.5, 0.6) is 0 Å². The Bertz CT molecular complexity index is 137. The van der Waals surface area contributed by atoms with E-state index in [0.29, 0.717) is 5.76 Å². The molecule has 0 spiro atoms. The smallest absolute Gasteiger partial charge is 0.337 e. The van der Waals surface area contributed by atoms with Crippen molar-refractivity contribution in [3.8, 4) is 0 Å². The van der Waals surface area contributed by atoms with Crippen LogP contribution in [0.15, 0.2) is 11.8 Å². The third kappa shape index (κ3) is 0.992. The Balaban J connectivity index is 2.64. The van der Waals surface area contributed by atoms with Crippen LogP contribution in [0.25, 0.3) is 0 Å². The first-order valence-electron chi connectivity index (χ1n) is 2.27. The molecule has 1 aliphatic rings. The lowest BCUT2D eigenvalue weighted by Gasteiger charge is -2.10. The largest absolute Gasteiger partial charge is 0.462 e. The van der Waals surface area contributed by atoms with Gasteiger partial charge in [0.15, 0.2) is 0 Å². The lowest BCUT2D eigenvalue weighted by atomic mass is 10.5. The van der Waals surface area contributed by atoms with Crippen molar-refractivity contribution in [2.75, 3.05) is 6.79 Å². The molecule has 0 N–H and O–H groups in total. The summed E-state index contributed by atoms with van der Waals surface area (Å²) in [6.45, 7) is 1.77. The van der Waals surface area contributed by atoms with E-state index in [2.05, 4.69) is 4.74 Å². The van der Waals surface area contributed by atoms with Crippen LogP contribution in [-0.2, 0) is 14.3 Å². The summed E-state index contributed by atoms with van der Waals surface area (Å²) < 4.78 is 9.18. The Labute approximate surface area is 46.9 Å². The van der Waals surface area contributed by atoms with Crippen LogP contribution >= 0.6 is 0 Å². The third-order valence-electron chi connectivity index (χ3n) is 0.809. The summed E-state index contributed by atoms with van der Waals surface area (Å²) in [5, 5.41) is 0. The molecule has 0 atom stereocenters. The zero-order chi connectivity index (χ0) is 5.98. The molecule has 0 aromatic rings. The van der Waals surface area contributed by atoms with Crippen LogP contribution in [0.4, 0.5) is 0 Å². The highest BCUT2D eigenvalue weighted by Gasteiger charge is 2.05. The topological polar surface area (TPSA) is 35.5 Å². The van der Waals surface area contributed by atoms with E-state index >= 15 is 0 Å². The van der Waals surface area contributed by atoms with Crippen molar-refractivity contribution in [2.45, 2.75) is 6.92 Å². The highest BCUT2D eigenvalue weighted by Crippen LogP contribution is 2.01. The first-order valence-corrected chi connectivity index (χ1v) is 2.27. The van der Waals surface area contributed by atoms with Gasteiger partial charge in [0.05, 0.1) is 6.08 Å². The van der Waals surface area contributed by atoms with Gasteiger partial charge in [-0.25, -0.2) is 4.79 Å². The summed E-state index contributed by atoms with van der Waals surface area (Å²) >= 11 is 0. The molecule has 0 bridgehead atoms. The first kappa shape index (κ1) is 5.15. The fraction of sp³-hybridized carbons (Fsp3) is 0.400. The first-order chi connectivity index (χ1) is 3.79. The second kappa shape index (κ2) is 1.86. The molecule has 3 nitrogen and oxygen atoms in total. The zero-order valence-electron chi connectivity index (χ0n) is 4.51. The van der Waals surface area contributed by atoms with E-state index in [0.717, 1.165) is 0 Å². The Morgan fingerprint density at radius 2 is 2.38 bits per heavy atom. The molecule has 0 aromatic heterocycles. The molecule has 44 valence electrons. The van der Waals surface area contributed by atoms with Crippen molar-refractivity contribution in [3.05, 3.63) is 11.8 Å². The molecule has 0 amide bonds. The van der Waals surface area contributed by atoms with Gasteiger partial charge in [-0.3, -0.25) is 0 Å². The second-order valence-electron chi connectivity index (χ2n) is 1.48. The van der Waals surface area contributed by atoms with E-state index in [-0.39, 0.29) is 12.8 Å². The van der Waals surface area contributed by atoms with Crippen molar-refractivity contribution in [1.29, 1.82) is 0 Å². The molecule has 0 unspecified atom stereocenters. The molecule has 0 fully saturated rings. The normalized spacial score (nSPS) is 18.6. The molecule has 0 aromatic carbocycles. The minimum Gasteiger partial charge on any atom is -0.462 e. The molecule has 1 rings (SSSR count). The fourth-order valence-electron chi connectivity index (χ4n) is 0.430. The van der Waals surface area contributed by atoms with Gasteiger partial charge in [-0.15, -0.1) is 0 Å². The number of carbonyl (C=O) groups excluding carboxylic acids is 1. The van der Waals surface area contributed by atoms with Gasteiger partial charge in [0.2, 0.25) is 6.79 Å². The van der Waals surface area contributed by atoms with Gasteiger partial charge in [0, 0.05) is 0 Å². The number of hydrogen-bond acceptors (Lipinski definition) is 3. The fourth-order valence-corrected chi connectivity index (χ4v) is 0.430. The highest BCUT2D eigenvalue weighted by atomic mass is 16.7. The lowest BCUT2D eigenvalue weighted by molar-refractivity contribution is -0.151. The van der Waals surface area contributed by atoms with Crippen LogP contribution in [-0.4, -0.2) is 12.8 Å². The lowest BCUT2D eigenvalue weighted by Crippen LogP contribution is -2.11.